The molecule has 1 heterocycles. The number of nitro benzene ring substituents is 1. The lowest BCUT2D eigenvalue weighted by atomic mass is 10.1. The molecule has 2 amide bonds. The molecule has 6 nitrogen and oxygen atoms in total. The zero-order valence-electron chi connectivity index (χ0n) is 15.6. The van der Waals surface area contributed by atoms with Gasteiger partial charge in [0.15, 0.2) is 0 Å². The van der Waals surface area contributed by atoms with Crippen molar-refractivity contribution in [3.63, 3.8) is 0 Å². The normalized spacial score (nSPS) is 13.8. The molecule has 0 saturated heterocycles. The van der Waals surface area contributed by atoms with Crippen LogP contribution in [0.25, 0.3) is 5.57 Å². The number of rotatable bonds is 5. The molecule has 0 unspecified atom stereocenters. The molecule has 3 aromatic rings. The molecule has 0 fully saturated rings. The second-order valence-electron chi connectivity index (χ2n) is 6.49. The van der Waals surface area contributed by atoms with Gasteiger partial charge >= 0.3 is 0 Å². The van der Waals surface area contributed by atoms with E-state index in [0.717, 1.165) is 28.8 Å². The SMILES string of the molecule is O=C1C(Sc2ccc(Cl)cc2)=C(c2ccc([N+](=O)[O-])cc2)C(=O)N1c1ccc(F)cc1. The van der Waals surface area contributed by atoms with Gasteiger partial charge in [-0.15, -0.1) is 0 Å². The summed E-state index contributed by atoms with van der Waals surface area (Å²) in [5.74, 6) is -1.66. The van der Waals surface area contributed by atoms with Crippen molar-refractivity contribution < 1.29 is 18.9 Å². The summed E-state index contributed by atoms with van der Waals surface area (Å²) in [6.07, 6.45) is 0. The number of halogens is 2. The molecule has 9 heteroatoms. The Bertz CT molecular complexity index is 1230. The van der Waals surface area contributed by atoms with Gasteiger partial charge in [0.25, 0.3) is 17.5 Å². The van der Waals surface area contributed by atoms with Crippen molar-refractivity contribution in [2.45, 2.75) is 4.90 Å². The zero-order chi connectivity index (χ0) is 22.1. The Kier molecular flexibility index (Phi) is 5.58. The minimum absolute atomic E-state index is 0.115. The fourth-order valence-corrected chi connectivity index (χ4v) is 4.17. The number of hydrogen-bond acceptors (Lipinski definition) is 5. The molecule has 0 N–H and O–H groups in total. The van der Waals surface area contributed by atoms with Gasteiger partial charge in [0.05, 0.1) is 21.1 Å². The third-order valence-corrected chi connectivity index (χ3v) is 5.87. The van der Waals surface area contributed by atoms with Crippen molar-refractivity contribution in [2.24, 2.45) is 0 Å². The van der Waals surface area contributed by atoms with Gasteiger partial charge < -0.3 is 0 Å². The van der Waals surface area contributed by atoms with Crippen LogP contribution in [0.1, 0.15) is 5.56 Å². The Morgan fingerprint density at radius 3 is 2.06 bits per heavy atom. The quantitative estimate of drug-likeness (QED) is 0.290. The maximum atomic E-state index is 13.3. The van der Waals surface area contributed by atoms with Crippen LogP contribution < -0.4 is 4.90 Å². The van der Waals surface area contributed by atoms with Gasteiger partial charge in [-0.3, -0.25) is 19.7 Å². The molecule has 4 rings (SSSR count). The standard InChI is InChI=1S/C22H12ClFN2O4S/c23-14-3-11-18(12-4-14)31-20-19(13-1-7-17(8-2-13)26(29)30)21(27)25(22(20)28)16-9-5-15(24)6-10-16/h1-12H. The van der Waals surface area contributed by atoms with E-state index in [-0.39, 0.29) is 21.9 Å². The molecule has 0 aromatic heterocycles. The predicted octanol–water partition coefficient (Wildman–Crippen LogP) is 5.46. The number of anilines is 1. The first-order valence-corrected chi connectivity index (χ1v) is 10.1. The summed E-state index contributed by atoms with van der Waals surface area (Å²) in [4.78, 5) is 38.7. The van der Waals surface area contributed by atoms with Gasteiger partial charge in [0.2, 0.25) is 0 Å². The highest BCUT2D eigenvalue weighted by Crippen LogP contribution is 2.41. The fourth-order valence-electron chi connectivity index (χ4n) is 3.05. The third kappa shape index (κ3) is 4.08. The summed E-state index contributed by atoms with van der Waals surface area (Å²) in [7, 11) is 0. The largest absolute Gasteiger partial charge is 0.272 e. The number of benzene rings is 3. The molecule has 0 aliphatic carbocycles. The highest BCUT2D eigenvalue weighted by atomic mass is 35.5. The monoisotopic (exact) mass is 454 g/mol. The Balaban J connectivity index is 1.80. The number of carbonyl (C=O) groups excluding carboxylic acids is 2. The number of non-ortho nitro benzene ring substituents is 1. The highest BCUT2D eigenvalue weighted by molar-refractivity contribution is 8.04. The number of carbonyl (C=O) groups is 2. The summed E-state index contributed by atoms with van der Waals surface area (Å²) in [6.45, 7) is 0. The molecule has 3 aromatic carbocycles. The molecule has 154 valence electrons. The van der Waals surface area contributed by atoms with E-state index in [4.69, 9.17) is 11.6 Å². The van der Waals surface area contributed by atoms with Gasteiger partial charge in [0.1, 0.15) is 5.82 Å². The number of thioether (sulfide) groups is 1. The summed E-state index contributed by atoms with van der Waals surface area (Å²) in [5.41, 5.74) is 0.570. The molecule has 0 bridgehead atoms. The Hall–Kier alpha value is -3.49. The lowest BCUT2D eigenvalue weighted by Gasteiger charge is -2.15. The number of imide groups is 1. The molecule has 0 spiro atoms. The lowest BCUT2D eigenvalue weighted by molar-refractivity contribution is -0.384. The third-order valence-electron chi connectivity index (χ3n) is 4.53. The summed E-state index contributed by atoms with van der Waals surface area (Å²) < 4.78 is 13.3. The van der Waals surface area contributed by atoms with E-state index >= 15 is 0 Å². The van der Waals surface area contributed by atoms with Crippen molar-refractivity contribution in [2.75, 3.05) is 4.90 Å². The maximum Gasteiger partial charge on any atom is 0.272 e. The second kappa shape index (κ2) is 8.33. The van der Waals surface area contributed by atoms with Gasteiger partial charge in [-0.2, -0.15) is 0 Å². The summed E-state index contributed by atoms with van der Waals surface area (Å²) in [5, 5.41) is 11.5. The van der Waals surface area contributed by atoms with E-state index in [9.17, 15) is 24.1 Å². The first kappa shape index (κ1) is 20.8. The van der Waals surface area contributed by atoms with Crippen LogP contribution in [0, 0.1) is 15.9 Å². The summed E-state index contributed by atoms with van der Waals surface area (Å²) in [6, 6.07) is 17.1. The number of hydrogen-bond donors (Lipinski definition) is 0. The Morgan fingerprint density at radius 1 is 0.871 bits per heavy atom. The van der Waals surface area contributed by atoms with Crippen LogP contribution in [0.4, 0.5) is 15.8 Å². The van der Waals surface area contributed by atoms with Crippen molar-refractivity contribution >= 4 is 52.1 Å². The Morgan fingerprint density at radius 2 is 1.48 bits per heavy atom. The van der Waals surface area contributed by atoms with Crippen molar-refractivity contribution in [1.29, 1.82) is 0 Å². The van der Waals surface area contributed by atoms with E-state index < -0.39 is 22.6 Å². The van der Waals surface area contributed by atoms with E-state index in [0.29, 0.717) is 15.5 Å². The van der Waals surface area contributed by atoms with Gasteiger partial charge in [0, 0.05) is 22.1 Å². The number of nitro groups is 1. The minimum atomic E-state index is -0.595. The molecular formula is C22H12ClFN2O4S. The van der Waals surface area contributed by atoms with Crippen LogP contribution in [0.15, 0.2) is 82.6 Å². The molecule has 0 radical (unpaired) electrons. The van der Waals surface area contributed by atoms with Crippen LogP contribution in [0.2, 0.25) is 5.02 Å². The van der Waals surface area contributed by atoms with Crippen molar-refractivity contribution in [1.82, 2.24) is 0 Å². The molecule has 1 aliphatic rings. The molecule has 0 saturated carbocycles. The molecule has 1 aliphatic heterocycles. The van der Waals surface area contributed by atoms with Gasteiger partial charge in [-0.1, -0.05) is 23.4 Å². The Labute approximate surface area is 185 Å². The van der Waals surface area contributed by atoms with Crippen LogP contribution in [0.3, 0.4) is 0 Å². The van der Waals surface area contributed by atoms with Crippen LogP contribution in [-0.4, -0.2) is 16.7 Å². The predicted molar refractivity (Wildman–Crippen MR) is 116 cm³/mol. The average molecular weight is 455 g/mol. The van der Waals surface area contributed by atoms with Gasteiger partial charge in [-0.05, 0) is 66.2 Å². The zero-order valence-corrected chi connectivity index (χ0v) is 17.2. The van der Waals surface area contributed by atoms with E-state index in [1.54, 1.807) is 24.3 Å². The smallest absolute Gasteiger partial charge is 0.268 e. The van der Waals surface area contributed by atoms with Crippen LogP contribution >= 0.6 is 23.4 Å². The van der Waals surface area contributed by atoms with Gasteiger partial charge in [-0.25, -0.2) is 9.29 Å². The maximum absolute atomic E-state index is 13.3. The molecule has 0 atom stereocenters. The minimum Gasteiger partial charge on any atom is -0.268 e. The first-order chi connectivity index (χ1) is 14.8. The number of amides is 2. The highest BCUT2D eigenvalue weighted by Gasteiger charge is 2.40. The fraction of sp³-hybridized carbons (Fsp3) is 0. The second-order valence-corrected chi connectivity index (χ2v) is 8.01. The van der Waals surface area contributed by atoms with Crippen molar-refractivity contribution in [3.8, 4) is 0 Å². The van der Waals surface area contributed by atoms with Crippen LogP contribution in [-0.2, 0) is 9.59 Å². The topological polar surface area (TPSA) is 80.5 Å². The number of nitrogens with zero attached hydrogens (tertiary/aromatic N) is 2. The molecule has 31 heavy (non-hydrogen) atoms. The average Bonchev–Trinajstić information content (AvgIpc) is 3.00. The van der Waals surface area contributed by atoms with Crippen LogP contribution in [0.5, 0.6) is 0 Å². The van der Waals surface area contributed by atoms with E-state index in [1.165, 1.54) is 36.4 Å². The molecular weight excluding hydrogens is 443 g/mol. The first-order valence-electron chi connectivity index (χ1n) is 8.92. The van der Waals surface area contributed by atoms with E-state index in [2.05, 4.69) is 0 Å². The lowest BCUT2D eigenvalue weighted by Crippen LogP contribution is -2.31. The van der Waals surface area contributed by atoms with E-state index in [1.807, 2.05) is 0 Å². The summed E-state index contributed by atoms with van der Waals surface area (Å²) >= 11 is 7.01. The van der Waals surface area contributed by atoms with Crippen molar-refractivity contribution in [3.05, 3.63) is 104 Å².